The number of nitrogens with one attached hydrogen (secondary N) is 2. The second kappa shape index (κ2) is 7.92. The van der Waals surface area contributed by atoms with Gasteiger partial charge in [-0.25, -0.2) is 0 Å². The molecule has 0 aliphatic heterocycles. The summed E-state index contributed by atoms with van der Waals surface area (Å²) >= 11 is 0. The quantitative estimate of drug-likeness (QED) is 0.300. The van der Waals surface area contributed by atoms with Gasteiger partial charge in [-0.3, -0.25) is 4.79 Å². The molecule has 0 unspecified atom stereocenters. The van der Waals surface area contributed by atoms with Gasteiger partial charge in [0.1, 0.15) is 0 Å². The predicted molar refractivity (Wildman–Crippen MR) is 128 cm³/mol. The molecule has 0 saturated heterocycles. The van der Waals surface area contributed by atoms with Gasteiger partial charge in [-0.15, -0.1) is 0 Å². The minimum Gasteiger partial charge on any atom is -0.361 e. The molecular weight excluding hydrogens is 380 g/mol. The number of aromatic nitrogens is 2. The highest BCUT2D eigenvalue weighted by Gasteiger charge is 2.29. The molecule has 2 N–H and O–H groups in total. The van der Waals surface area contributed by atoms with Crippen LogP contribution in [0.15, 0.2) is 79.1 Å². The molecular formula is C28H26N2O. The zero-order valence-electron chi connectivity index (χ0n) is 17.9. The fourth-order valence-electron chi connectivity index (χ4n) is 4.76. The number of aromatic amines is 2. The van der Waals surface area contributed by atoms with Crippen LogP contribution >= 0.6 is 0 Å². The molecule has 5 rings (SSSR count). The number of aryl methyl sites for hydroxylation is 2. The molecule has 3 nitrogen and oxygen atoms in total. The van der Waals surface area contributed by atoms with Crippen molar-refractivity contribution in [3.05, 3.63) is 107 Å². The number of hydrogen-bond acceptors (Lipinski definition) is 1. The highest BCUT2D eigenvalue weighted by molar-refractivity contribution is 6.08. The van der Waals surface area contributed by atoms with Crippen molar-refractivity contribution in [2.45, 2.75) is 32.6 Å². The van der Waals surface area contributed by atoms with E-state index >= 15 is 0 Å². The van der Waals surface area contributed by atoms with Gasteiger partial charge >= 0.3 is 0 Å². The number of Topliss-reactive ketones (excluding diaryl/α,β-unsaturated/α-hetero) is 1. The maximum Gasteiger partial charge on any atom is 0.174 e. The Morgan fingerprint density at radius 1 is 0.710 bits per heavy atom. The Labute approximate surface area is 182 Å². The number of carbonyl (C=O) groups excluding carboxylic acids is 1. The summed E-state index contributed by atoms with van der Waals surface area (Å²) in [4.78, 5) is 20.8. The third-order valence-electron chi connectivity index (χ3n) is 6.37. The number of para-hydroxylation sites is 2. The highest BCUT2D eigenvalue weighted by Crippen LogP contribution is 2.38. The zero-order chi connectivity index (χ0) is 21.4. The van der Waals surface area contributed by atoms with Crippen LogP contribution in [0.2, 0.25) is 0 Å². The second-order valence-electron chi connectivity index (χ2n) is 8.04. The number of fused-ring (bicyclic) bond motifs is 2. The summed E-state index contributed by atoms with van der Waals surface area (Å²) in [6.07, 6.45) is 5.94. The molecule has 154 valence electrons. The third-order valence-corrected chi connectivity index (χ3v) is 6.37. The topological polar surface area (TPSA) is 48.6 Å². The molecule has 0 spiro atoms. The summed E-state index contributed by atoms with van der Waals surface area (Å²) in [5.74, 6) is -0.268. The number of carbonyl (C=O) groups is 1. The van der Waals surface area contributed by atoms with Gasteiger partial charge in [-0.2, -0.15) is 0 Å². The van der Waals surface area contributed by atoms with E-state index in [9.17, 15) is 4.79 Å². The van der Waals surface area contributed by atoms with Crippen molar-refractivity contribution >= 4 is 27.6 Å². The van der Waals surface area contributed by atoms with E-state index in [4.69, 9.17) is 0 Å². The second-order valence-corrected chi connectivity index (χ2v) is 8.04. The maximum absolute atomic E-state index is 13.9. The molecule has 3 heteroatoms. The van der Waals surface area contributed by atoms with E-state index in [-0.39, 0.29) is 11.7 Å². The van der Waals surface area contributed by atoms with Gasteiger partial charge in [0, 0.05) is 39.8 Å². The molecule has 2 aromatic heterocycles. The van der Waals surface area contributed by atoms with E-state index in [2.05, 4.69) is 60.2 Å². The standard InChI is InChI=1S/C28H26N2O/c1-3-18-12-8-14-21-23(16-29-26(18)21)25(28(31)20-10-6-5-7-11-20)24-17-30-27-19(4-2)13-9-15-22(24)27/h5-17,25,29-30H,3-4H2,1-2H3. The van der Waals surface area contributed by atoms with Crippen molar-refractivity contribution in [1.82, 2.24) is 9.97 Å². The van der Waals surface area contributed by atoms with Crippen LogP contribution in [-0.2, 0) is 12.8 Å². The van der Waals surface area contributed by atoms with Crippen LogP contribution in [0, 0.1) is 0 Å². The molecule has 0 fully saturated rings. The molecule has 2 heterocycles. The molecule has 0 aliphatic carbocycles. The van der Waals surface area contributed by atoms with Crippen molar-refractivity contribution in [3.63, 3.8) is 0 Å². The molecule has 0 saturated carbocycles. The van der Waals surface area contributed by atoms with Gasteiger partial charge in [0.05, 0.1) is 5.92 Å². The monoisotopic (exact) mass is 406 g/mol. The lowest BCUT2D eigenvalue weighted by Gasteiger charge is -2.16. The van der Waals surface area contributed by atoms with Crippen molar-refractivity contribution < 1.29 is 4.79 Å². The van der Waals surface area contributed by atoms with Gasteiger partial charge in [-0.1, -0.05) is 80.6 Å². The van der Waals surface area contributed by atoms with Crippen LogP contribution in [0.25, 0.3) is 21.8 Å². The summed E-state index contributed by atoms with van der Waals surface area (Å²) in [7, 11) is 0. The molecule has 3 aromatic carbocycles. The smallest absolute Gasteiger partial charge is 0.174 e. The Bertz CT molecular complexity index is 1290. The summed E-state index contributed by atoms with van der Waals surface area (Å²) < 4.78 is 0. The first-order chi connectivity index (χ1) is 15.2. The average molecular weight is 407 g/mol. The van der Waals surface area contributed by atoms with Crippen molar-refractivity contribution in [3.8, 4) is 0 Å². The van der Waals surface area contributed by atoms with Gasteiger partial charge in [0.2, 0.25) is 0 Å². The Morgan fingerprint density at radius 2 is 1.23 bits per heavy atom. The largest absolute Gasteiger partial charge is 0.361 e. The van der Waals surface area contributed by atoms with Crippen LogP contribution in [0.1, 0.15) is 52.4 Å². The normalized spacial score (nSPS) is 11.6. The number of rotatable bonds is 6. The van der Waals surface area contributed by atoms with Gasteiger partial charge < -0.3 is 9.97 Å². The first-order valence-electron chi connectivity index (χ1n) is 11.0. The highest BCUT2D eigenvalue weighted by atomic mass is 16.1. The van der Waals surface area contributed by atoms with E-state index in [1.165, 1.54) is 11.1 Å². The van der Waals surface area contributed by atoms with Gasteiger partial charge in [0.25, 0.3) is 0 Å². The minimum atomic E-state index is -0.385. The lowest BCUT2D eigenvalue weighted by molar-refractivity contribution is 0.0974. The molecule has 5 aromatic rings. The van der Waals surface area contributed by atoms with E-state index in [0.29, 0.717) is 0 Å². The number of ketones is 1. The van der Waals surface area contributed by atoms with E-state index < -0.39 is 0 Å². The summed E-state index contributed by atoms with van der Waals surface area (Å²) in [6.45, 7) is 4.32. The molecule has 0 bridgehead atoms. The van der Waals surface area contributed by atoms with Crippen molar-refractivity contribution in [2.75, 3.05) is 0 Å². The van der Waals surface area contributed by atoms with Crippen LogP contribution in [0.4, 0.5) is 0 Å². The Morgan fingerprint density at radius 3 is 1.71 bits per heavy atom. The number of benzene rings is 3. The lowest BCUT2D eigenvalue weighted by atomic mass is 9.84. The van der Waals surface area contributed by atoms with Crippen molar-refractivity contribution in [2.24, 2.45) is 0 Å². The van der Waals surface area contributed by atoms with E-state index in [1.54, 1.807) is 0 Å². The summed E-state index contributed by atoms with van der Waals surface area (Å²) in [5.41, 5.74) is 7.57. The molecule has 0 aliphatic rings. The lowest BCUT2D eigenvalue weighted by Crippen LogP contribution is -2.14. The van der Waals surface area contributed by atoms with Gasteiger partial charge in [0.15, 0.2) is 5.78 Å². The zero-order valence-corrected chi connectivity index (χ0v) is 17.9. The molecule has 0 radical (unpaired) electrons. The molecule has 0 atom stereocenters. The SMILES string of the molecule is CCc1cccc2c(C(C(=O)c3ccccc3)c3c[nH]c4c(CC)cccc34)c[nH]c12. The van der Waals surface area contributed by atoms with Crippen molar-refractivity contribution in [1.29, 1.82) is 0 Å². The van der Waals surface area contributed by atoms with Crippen LogP contribution in [0.3, 0.4) is 0 Å². The number of H-pyrrole nitrogens is 2. The van der Waals surface area contributed by atoms with Crippen LogP contribution in [0.5, 0.6) is 0 Å². The number of hydrogen-bond donors (Lipinski definition) is 2. The van der Waals surface area contributed by atoms with Crippen LogP contribution in [-0.4, -0.2) is 15.8 Å². The fraction of sp³-hybridized carbons (Fsp3) is 0.179. The minimum absolute atomic E-state index is 0.117. The fourth-order valence-corrected chi connectivity index (χ4v) is 4.76. The summed E-state index contributed by atoms with van der Waals surface area (Å²) in [5, 5.41) is 2.24. The maximum atomic E-state index is 13.9. The first kappa shape index (κ1) is 19.4. The molecule has 0 amide bonds. The predicted octanol–water partition coefficient (Wildman–Crippen LogP) is 6.79. The molecule has 31 heavy (non-hydrogen) atoms. The van der Waals surface area contributed by atoms with Crippen LogP contribution < -0.4 is 0 Å². The van der Waals surface area contributed by atoms with E-state index in [0.717, 1.165) is 51.3 Å². The van der Waals surface area contributed by atoms with E-state index in [1.807, 2.05) is 42.7 Å². The summed E-state index contributed by atoms with van der Waals surface area (Å²) in [6, 6.07) is 22.4. The Kier molecular flexibility index (Phi) is 4.95. The van der Waals surface area contributed by atoms with Gasteiger partial charge in [-0.05, 0) is 35.1 Å². The Hall–Kier alpha value is -3.59. The first-order valence-corrected chi connectivity index (χ1v) is 11.0. The Balaban J connectivity index is 1.77. The third kappa shape index (κ3) is 3.17. The average Bonchev–Trinajstić information content (AvgIpc) is 3.45.